The van der Waals surface area contributed by atoms with E-state index in [4.69, 9.17) is 4.74 Å². The summed E-state index contributed by atoms with van der Waals surface area (Å²) >= 11 is 0. The van der Waals surface area contributed by atoms with Crippen molar-refractivity contribution in [3.8, 4) is 11.8 Å². The molecule has 1 saturated heterocycles. The number of ether oxygens (including phenoxy) is 1. The van der Waals surface area contributed by atoms with Gasteiger partial charge in [-0.1, -0.05) is 18.2 Å². The van der Waals surface area contributed by atoms with Crippen LogP contribution in [0.15, 0.2) is 73.1 Å². The highest BCUT2D eigenvalue weighted by molar-refractivity contribution is 5.92. The summed E-state index contributed by atoms with van der Waals surface area (Å²) in [6, 6.07) is 21.6. The van der Waals surface area contributed by atoms with Crippen molar-refractivity contribution < 1.29 is 9.53 Å². The number of carbonyl (C=O) groups is 1. The van der Waals surface area contributed by atoms with E-state index in [9.17, 15) is 10.1 Å². The monoisotopic (exact) mass is 422 g/mol. The van der Waals surface area contributed by atoms with Gasteiger partial charge >= 0.3 is 0 Å². The van der Waals surface area contributed by atoms with Crippen LogP contribution in [0, 0.1) is 11.3 Å². The van der Waals surface area contributed by atoms with E-state index in [1.807, 2.05) is 59.2 Å². The first-order valence-corrected chi connectivity index (χ1v) is 10.7. The molecule has 2 aromatic carbocycles. The van der Waals surface area contributed by atoms with Gasteiger partial charge in [0.25, 0.3) is 0 Å². The van der Waals surface area contributed by atoms with Crippen molar-refractivity contribution in [2.75, 3.05) is 11.9 Å². The number of aromatic nitrogens is 2. The second-order valence-corrected chi connectivity index (χ2v) is 7.89. The van der Waals surface area contributed by atoms with Gasteiger partial charge in [0.2, 0.25) is 5.91 Å². The first-order chi connectivity index (χ1) is 15.7. The number of anilines is 1. The third-order valence-electron chi connectivity index (χ3n) is 5.77. The van der Waals surface area contributed by atoms with Gasteiger partial charge in [0.15, 0.2) is 0 Å². The summed E-state index contributed by atoms with van der Waals surface area (Å²) in [5.74, 6) is -0.101. The summed E-state index contributed by atoms with van der Waals surface area (Å²) in [6.07, 6.45) is 5.78. The fourth-order valence-corrected chi connectivity index (χ4v) is 4.30. The molecule has 0 bridgehead atoms. The van der Waals surface area contributed by atoms with E-state index in [2.05, 4.69) is 22.4 Å². The number of fused-ring (bicyclic) bond motifs is 1. The van der Waals surface area contributed by atoms with Crippen molar-refractivity contribution in [2.24, 2.45) is 0 Å². The predicted molar refractivity (Wildman–Crippen MR) is 122 cm³/mol. The van der Waals surface area contributed by atoms with Gasteiger partial charge in [0, 0.05) is 35.8 Å². The molecule has 4 aromatic rings. The number of hydrogen-bond acceptors (Lipinski definition) is 4. The maximum atomic E-state index is 12.3. The number of benzene rings is 2. The Kier molecular flexibility index (Phi) is 5.40. The largest absolute Gasteiger partial charge is 0.374 e. The van der Waals surface area contributed by atoms with Crippen LogP contribution in [0.4, 0.5) is 5.69 Å². The van der Waals surface area contributed by atoms with Crippen LogP contribution in [0.3, 0.4) is 0 Å². The number of hydrogen-bond donors (Lipinski definition) is 1. The molecule has 2 aromatic heterocycles. The van der Waals surface area contributed by atoms with Gasteiger partial charge in [-0.25, -0.2) is 0 Å². The normalized spacial score (nSPS) is 15.5. The molecule has 6 heteroatoms. The molecule has 1 fully saturated rings. The molecule has 1 aliphatic heterocycles. The quantitative estimate of drug-likeness (QED) is 0.495. The second kappa shape index (κ2) is 8.66. The van der Waals surface area contributed by atoms with E-state index in [1.54, 1.807) is 12.4 Å². The average Bonchev–Trinajstić information content (AvgIpc) is 3.48. The van der Waals surface area contributed by atoms with E-state index in [0.29, 0.717) is 11.4 Å². The molecular weight excluding hydrogens is 400 g/mol. The minimum atomic E-state index is -0.101. The van der Waals surface area contributed by atoms with Crippen molar-refractivity contribution in [1.29, 1.82) is 5.26 Å². The zero-order valence-corrected chi connectivity index (χ0v) is 17.5. The lowest BCUT2D eigenvalue weighted by molar-refractivity contribution is -0.115. The zero-order chi connectivity index (χ0) is 21.9. The van der Waals surface area contributed by atoms with Crippen LogP contribution in [0.1, 0.15) is 35.8 Å². The maximum absolute atomic E-state index is 12.3. The van der Waals surface area contributed by atoms with Gasteiger partial charge in [-0.05, 0) is 66.4 Å². The van der Waals surface area contributed by atoms with Crippen LogP contribution >= 0.6 is 0 Å². The van der Waals surface area contributed by atoms with Crippen LogP contribution in [0.5, 0.6) is 0 Å². The predicted octanol–water partition coefficient (Wildman–Crippen LogP) is 4.93. The lowest BCUT2D eigenvalue weighted by Crippen LogP contribution is -2.14. The van der Waals surface area contributed by atoms with Gasteiger partial charge in [-0.15, -0.1) is 0 Å². The van der Waals surface area contributed by atoms with Crippen LogP contribution in [0.25, 0.3) is 16.6 Å². The number of amides is 1. The van der Waals surface area contributed by atoms with Gasteiger partial charge in [-0.3, -0.25) is 9.78 Å². The highest BCUT2D eigenvalue weighted by atomic mass is 16.5. The smallest absolute Gasteiger partial charge is 0.228 e. The summed E-state index contributed by atoms with van der Waals surface area (Å²) in [7, 11) is 0. The van der Waals surface area contributed by atoms with E-state index < -0.39 is 0 Å². The summed E-state index contributed by atoms with van der Waals surface area (Å²) in [6.45, 7) is 0.779. The van der Waals surface area contributed by atoms with Crippen molar-refractivity contribution in [2.45, 2.75) is 25.4 Å². The number of carbonyl (C=O) groups excluding carboxylic acids is 1. The third-order valence-corrected chi connectivity index (χ3v) is 5.77. The highest BCUT2D eigenvalue weighted by Gasteiger charge is 2.22. The highest BCUT2D eigenvalue weighted by Crippen LogP contribution is 2.36. The fraction of sp³-hybridized carbons (Fsp3) is 0.192. The first-order valence-electron chi connectivity index (χ1n) is 10.7. The standard InChI is InChI=1S/C26H22N4O2/c27-16-21-15-23-22(25-7-3-13-32-25)5-1-6-24(23)30(21)20-10-8-19(9-11-20)29-26(31)14-18-4-2-12-28-17-18/h1-2,4-6,8-12,15,17,25H,3,7,13-14H2,(H,29,31). The van der Waals surface area contributed by atoms with Crippen molar-refractivity contribution in [3.63, 3.8) is 0 Å². The van der Waals surface area contributed by atoms with E-state index >= 15 is 0 Å². The minimum Gasteiger partial charge on any atom is -0.374 e. The molecule has 5 rings (SSSR count). The van der Waals surface area contributed by atoms with E-state index in [1.165, 1.54) is 0 Å². The minimum absolute atomic E-state index is 0.0819. The van der Waals surface area contributed by atoms with Gasteiger partial charge in [-0.2, -0.15) is 5.26 Å². The molecule has 0 aliphatic carbocycles. The van der Waals surface area contributed by atoms with Crippen molar-refractivity contribution >= 4 is 22.5 Å². The Bertz CT molecular complexity index is 1300. The Balaban J connectivity index is 1.42. The molecule has 0 spiro atoms. The molecule has 1 unspecified atom stereocenters. The molecule has 158 valence electrons. The van der Waals surface area contributed by atoms with Gasteiger partial charge in [0.05, 0.1) is 18.0 Å². The van der Waals surface area contributed by atoms with Crippen molar-refractivity contribution in [3.05, 3.63) is 89.9 Å². The lowest BCUT2D eigenvalue weighted by atomic mass is 10.0. The SMILES string of the molecule is N#Cc1cc2c(C3CCCO3)cccc2n1-c1ccc(NC(=O)Cc2cccnc2)cc1. The number of rotatable bonds is 5. The number of pyridine rings is 1. The van der Waals surface area contributed by atoms with Crippen LogP contribution in [-0.2, 0) is 16.0 Å². The molecule has 0 saturated carbocycles. The van der Waals surface area contributed by atoms with E-state index in [0.717, 1.165) is 47.2 Å². The maximum Gasteiger partial charge on any atom is 0.228 e. The molecule has 6 nitrogen and oxygen atoms in total. The molecule has 1 N–H and O–H groups in total. The Morgan fingerprint density at radius 3 is 2.78 bits per heavy atom. The van der Waals surface area contributed by atoms with Crippen LogP contribution in [-0.4, -0.2) is 22.1 Å². The molecule has 3 heterocycles. The van der Waals surface area contributed by atoms with Gasteiger partial charge in [0.1, 0.15) is 11.8 Å². The topological polar surface area (TPSA) is 79.9 Å². The lowest BCUT2D eigenvalue weighted by Gasteiger charge is -2.13. The third kappa shape index (κ3) is 3.86. The van der Waals surface area contributed by atoms with Crippen LogP contribution < -0.4 is 5.32 Å². The van der Waals surface area contributed by atoms with Crippen LogP contribution in [0.2, 0.25) is 0 Å². The summed E-state index contributed by atoms with van der Waals surface area (Å²) in [4.78, 5) is 16.4. The number of nitriles is 1. The Morgan fingerprint density at radius 2 is 2.06 bits per heavy atom. The second-order valence-electron chi connectivity index (χ2n) is 7.89. The van der Waals surface area contributed by atoms with Crippen molar-refractivity contribution in [1.82, 2.24) is 9.55 Å². The molecule has 1 amide bonds. The van der Waals surface area contributed by atoms with Gasteiger partial charge < -0.3 is 14.6 Å². The number of nitrogens with one attached hydrogen (secondary N) is 1. The Morgan fingerprint density at radius 1 is 1.19 bits per heavy atom. The zero-order valence-electron chi connectivity index (χ0n) is 17.5. The molecular formula is C26H22N4O2. The molecule has 32 heavy (non-hydrogen) atoms. The molecule has 1 atom stereocenters. The fourth-order valence-electron chi connectivity index (χ4n) is 4.30. The Hall–Kier alpha value is -3.95. The number of nitrogens with zero attached hydrogens (tertiary/aromatic N) is 3. The Labute approximate surface area is 186 Å². The summed E-state index contributed by atoms with van der Waals surface area (Å²) < 4.78 is 7.85. The van der Waals surface area contributed by atoms with E-state index in [-0.39, 0.29) is 18.4 Å². The molecule has 1 aliphatic rings. The first kappa shape index (κ1) is 20.0. The molecule has 0 radical (unpaired) electrons. The summed E-state index contributed by atoms with van der Waals surface area (Å²) in [5, 5.41) is 13.8. The summed E-state index contributed by atoms with van der Waals surface area (Å²) in [5.41, 5.74) is 5.11. The average molecular weight is 422 g/mol.